The van der Waals surface area contributed by atoms with Crippen molar-refractivity contribution in [2.75, 3.05) is 27.0 Å². The number of carbonyl (C=O) groups is 4. The van der Waals surface area contributed by atoms with E-state index >= 15 is 0 Å². The molecule has 9 rings (SSSR count). The Morgan fingerprint density at radius 3 is 1.66 bits per heavy atom. The topological polar surface area (TPSA) is 128 Å². The zero-order valence-corrected chi connectivity index (χ0v) is 30.7. The molecule has 2 aliphatic heterocycles. The summed E-state index contributed by atoms with van der Waals surface area (Å²) in [6, 6.07) is 39.0. The summed E-state index contributed by atoms with van der Waals surface area (Å²) in [5, 5.41) is 18.3. The predicted octanol–water partition coefficient (Wildman–Crippen LogP) is 8.32. The van der Waals surface area contributed by atoms with Crippen molar-refractivity contribution < 1.29 is 29.0 Å². The van der Waals surface area contributed by atoms with E-state index in [1.807, 2.05) is 97.9 Å². The number of phenols is 1. The average molecular weight is 745 g/mol. The second-order valence-corrected chi connectivity index (χ2v) is 14.8. The lowest BCUT2D eigenvalue weighted by atomic mass is 9.57. The first kappa shape index (κ1) is 35.0. The van der Waals surface area contributed by atoms with Crippen molar-refractivity contribution in [3.05, 3.63) is 145 Å². The van der Waals surface area contributed by atoms with Gasteiger partial charge in [0.25, 0.3) is 0 Å². The molecule has 3 fully saturated rings. The number of amides is 4. The van der Waals surface area contributed by atoms with Crippen LogP contribution in [0.2, 0.25) is 0 Å². The maximum absolute atomic E-state index is 14.6. The number of phenolic OH excluding ortho intramolecular Hbond substituents is 1. The van der Waals surface area contributed by atoms with Gasteiger partial charge in [0, 0.05) is 34.2 Å². The number of fused-ring (bicyclic) bond motifs is 4. The predicted molar refractivity (Wildman–Crippen MR) is 214 cm³/mol. The van der Waals surface area contributed by atoms with Crippen LogP contribution in [0.5, 0.6) is 11.5 Å². The van der Waals surface area contributed by atoms with E-state index in [0.717, 1.165) is 28.3 Å². The second-order valence-electron chi connectivity index (χ2n) is 14.8. The summed E-state index contributed by atoms with van der Waals surface area (Å²) < 4.78 is 5.77. The maximum Gasteiger partial charge on any atom is 0.238 e. The number of ether oxygens (including phenoxy) is 1. The number of allylic oxidation sites excluding steroid dienone is 2. The van der Waals surface area contributed by atoms with E-state index in [1.165, 1.54) is 9.80 Å². The molecule has 0 aromatic heterocycles. The quantitative estimate of drug-likeness (QED) is 0.102. The third kappa shape index (κ3) is 5.89. The molecule has 1 saturated carbocycles. The highest BCUT2D eigenvalue weighted by Gasteiger charge is 2.62. The smallest absolute Gasteiger partial charge is 0.238 e. The van der Waals surface area contributed by atoms with Gasteiger partial charge in [-0.1, -0.05) is 60.2 Å². The van der Waals surface area contributed by atoms with E-state index < -0.39 is 35.5 Å². The Hall–Kier alpha value is -6.68. The maximum atomic E-state index is 14.6. The second kappa shape index (κ2) is 14.2. The highest BCUT2D eigenvalue weighted by Crippen LogP contribution is 2.60. The van der Waals surface area contributed by atoms with Gasteiger partial charge in [-0.15, -0.1) is 0 Å². The molecule has 4 amide bonds. The minimum Gasteiger partial charge on any atom is -0.504 e. The van der Waals surface area contributed by atoms with Crippen molar-refractivity contribution in [3.63, 3.8) is 0 Å². The van der Waals surface area contributed by atoms with Crippen LogP contribution in [0.4, 0.5) is 34.1 Å². The van der Waals surface area contributed by atoms with Gasteiger partial charge in [0.2, 0.25) is 23.6 Å². The summed E-state index contributed by atoms with van der Waals surface area (Å²) in [4.78, 5) is 60.4. The minimum absolute atomic E-state index is 0.100. The van der Waals surface area contributed by atoms with E-state index in [4.69, 9.17) is 4.74 Å². The molecule has 3 N–H and O–H groups in total. The van der Waals surface area contributed by atoms with Gasteiger partial charge in [0.15, 0.2) is 11.5 Å². The fourth-order valence-corrected chi connectivity index (χ4v) is 9.27. The number of anilines is 6. The number of para-hydroxylation sites is 3. The number of nitrogens with zero attached hydrogens (tertiary/aromatic N) is 2. The average Bonchev–Trinajstić information content (AvgIpc) is 3.63. The Morgan fingerprint density at radius 2 is 1.11 bits per heavy atom. The minimum atomic E-state index is -0.834. The molecule has 56 heavy (non-hydrogen) atoms. The van der Waals surface area contributed by atoms with Gasteiger partial charge in [-0.05, 0) is 105 Å². The highest BCUT2D eigenvalue weighted by molar-refractivity contribution is 6.24. The molecule has 10 heteroatoms. The molecule has 10 nitrogen and oxygen atoms in total. The van der Waals surface area contributed by atoms with Crippen LogP contribution in [0.1, 0.15) is 31.2 Å². The molecule has 6 atom stereocenters. The van der Waals surface area contributed by atoms with E-state index in [1.54, 1.807) is 42.5 Å². The zero-order valence-electron chi connectivity index (χ0n) is 30.7. The standard InChI is InChI=1S/C46H40N4O6/c1-2-56-38-15-9-14-34(42(38)51)39-33-24-25-35-40(45(54)49(43(35)52)31-20-16-29(17-21-31)47-27-10-5-3-6-11-27)36(33)26-37-41(39)46(55)50(44(37)53)32-22-18-30(19-23-32)48-28-12-7-4-8-13-28/h3-24,35-37,39-41,47-48,51H,2,25-26H2,1H3/t35-,36+,37+,39+,40-,41+/m0/s1. The molecule has 4 aliphatic rings. The first-order valence-electron chi connectivity index (χ1n) is 19.1. The first-order valence-corrected chi connectivity index (χ1v) is 19.1. The number of aromatic hydroxyl groups is 1. The van der Waals surface area contributed by atoms with Crippen LogP contribution in [0.25, 0.3) is 0 Å². The van der Waals surface area contributed by atoms with Crippen LogP contribution >= 0.6 is 0 Å². The summed E-state index contributed by atoms with van der Waals surface area (Å²) in [7, 11) is 0. The van der Waals surface area contributed by atoms with Gasteiger partial charge < -0.3 is 20.5 Å². The van der Waals surface area contributed by atoms with E-state index in [2.05, 4.69) is 10.6 Å². The summed E-state index contributed by atoms with van der Waals surface area (Å²) in [5.74, 6) is -5.35. The molecule has 2 saturated heterocycles. The van der Waals surface area contributed by atoms with Crippen LogP contribution < -0.4 is 25.2 Å². The molecular weight excluding hydrogens is 705 g/mol. The van der Waals surface area contributed by atoms with Crippen LogP contribution in [0.15, 0.2) is 139 Å². The number of benzene rings is 5. The van der Waals surface area contributed by atoms with Crippen molar-refractivity contribution in [2.45, 2.75) is 25.7 Å². The molecule has 280 valence electrons. The van der Waals surface area contributed by atoms with Crippen LogP contribution in [-0.4, -0.2) is 35.3 Å². The van der Waals surface area contributed by atoms with E-state index in [0.29, 0.717) is 30.0 Å². The van der Waals surface area contributed by atoms with Gasteiger partial charge in [-0.3, -0.25) is 29.0 Å². The number of nitrogens with one attached hydrogen (secondary N) is 2. The monoisotopic (exact) mass is 744 g/mol. The lowest BCUT2D eigenvalue weighted by Crippen LogP contribution is -2.43. The van der Waals surface area contributed by atoms with Gasteiger partial charge in [0.05, 0.1) is 41.7 Å². The van der Waals surface area contributed by atoms with Crippen molar-refractivity contribution >= 4 is 57.8 Å². The summed E-state index contributed by atoms with van der Waals surface area (Å²) >= 11 is 0. The number of hydrogen-bond acceptors (Lipinski definition) is 8. The molecule has 5 aromatic carbocycles. The van der Waals surface area contributed by atoms with Crippen molar-refractivity contribution in [2.24, 2.45) is 29.6 Å². The molecule has 0 bridgehead atoms. The third-order valence-corrected chi connectivity index (χ3v) is 11.7. The zero-order chi connectivity index (χ0) is 38.5. The summed E-state index contributed by atoms with van der Waals surface area (Å²) in [6.07, 6.45) is 2.50. The molecule has 5 aromatic rings. The third-order valence-electron chi connectivity index (χ3n) is 11.7. The number of rotatable bonds is 9. The Balaban J connectivity index is 1.05. The van der Waals surface area contributed by atoms with Gasteiger partial charge in [0.1, 0.15) is 0 Å². The molecule has 0 radical (unpaired) electrons. The van der Waals surface area contributed by atoms with Gasteiger partial charge >= 0.3 is 0 Å². The summed E-state index contributed by atoms with van der Waals surface area (Å²) in [5.41, 5.74) is 5.60. The van der Waals surface area contributed by atoms with E-state index in [-0.39, 0.29) is 41.5 Å². The molecule has 2 heterocycles. The number of carbonyl (C=O) groups excluding carboxylic acids is 4. The Kier molecular flexibility index (Phi) is 8.88. The van der Waals surface area contributed by atoms with Gasteiger partial charge in [-0.2, -0.15) is 0 Å². The molecule has 2 aliphatic carbocycles. The normalized spacial score (nSPS) is 24.0. The van der Waals surface area contributed by atoms with Crippen molar-refractivity contribution in [1.82, 2.24) is 0 Å². The molecular formula is C46H40N4O6. The fraction of sp³-hybridized carbons (Fsp3) is 0.217. The lowest BCUT2D eigenvalue weighted by Gasteiger charge is -2.44. The molecule has 0 unspecified atom stereocenters. The first-order chi connectivity index (χ1) is 27.3. The van der Waals surface area contributed by atoms with Crippen molar-refractivity contribution in [3.8, 4) is 11.5 Å². The van der Waals surface area contributed by atoms with Crippen LogP contribution in [-0.2, 0) is 19.2 Å². The largest absolute Gasteiger partial charge is 0.504 e. The van der Waals surface area contributed by atoms with Crippen LogP contribution in [0, 0.1) is 29.6 Å². The Bertz CT molecular complexity index is 2360. The molecule has 0 spiro atoms. The van der Waals surface area contributed by atoms with Gasteiger partial charge in [-0.25, -0.2) is 0 Å². The lowest BCUT2D eigenvalue weighted by molar-refractivity contribution is -0.126. The fourth-order valence-electron chi connectivity index (χ4n) is 9.27. The van der Waals surface area contributed by atoms with Crippen molar-refractivity contribution in [1.29, 1.82) is 0 Å². The summed E-state index contributed by atoms with van der Waals surface area (Å²) in [6.45, 7) is 2.14. The van der Waals surface area contributed by atoms with E-state index in [9.17, 15) is 24.3 Å². The SMILES string of the molecule is CCOc1cccc([C@H]2C3=CC[C@@H]4C(=O)N(c5ccc(Nc6ccccc6)cc5)C(=O)[C@@H]4[C@@H]3C[C@H]3C(=O)N(c4ccc(Nc5ccccc5)cc4)C(=O)[C@@H]23)c1O. The van der Waals surface area contributed by atoms with Crippen LogP contribution in [0.3, 0.4) is 0 Å². The number of imide groups is 2. The Morgan fingerprint density at radius 1 is 0.589 bits per heavy atom. The Labute approximate surface area is 324 Å². The number of hydrogen-bond donors (Lipinski definition) is 3. The highest BCUT2D eigenvalue weighted by atomic mass is 16.5.